The molecule has 1 heterocycles. The number of rotatable bonds is 11. The maximum absolute atomic E-state index is 13.0. The van der Waals surface area contributed by atoms with Crippen molar-refractivity contribution < 1.29 is 34.8 Å². The van der Waals surface area contributed by atoms with Gasteiger partial charge in [-0.15, -0.1) is 10.2 Å². The van der Waals surface area contributed by atoms with E-state index in [9.17, 15) is 30.0 Å². The Bertz CT molecular complexity index is 1890. The number of aliphatic hydroxyl groups is 2. The number of hydrogen-bond donors (Lipinski definition) is 6. The first-order chi connectivity index (χ1) is 23.7. The predicted molar refractivity (Wildman–Crippen MR) is 187 cm³/mol. The molecular weight excluding hydrogens is 638 g/mol. The highest BCUT2D eigenvalue weighted by molar-refractivity contribution is 5.94. The number of aromatic hydroxyl groups is 2. The molecular formula is C38H45N5O7. The highest BCUT2D eigenvalue weighted by atomic mass is 16.5. The van der Waals surface area contributed by atoms with Crippen LogP contribution in [0.15, 0.2) is 60.7 Å². The van der Waals surface area contributed by atoms with Crippen LogP contribution < -0.4 is 15.4 Å². The lowest BCUT2D eigenvalue weighted by Crippen LogP contribution is -2.68. The van der Waals surface area contributed by atoms with Crippen LogP contribution in [-0.4, -0.2) is 71.8 Å². The van der Waals surface area contributed by atoms with Crippen LogP contribution in [0.3, 0.4) is 0 Å². The minimum absolute atomic E-state index is 0.0120. The van der Waals surface area contributed by atoms with E-state index < -0.39 is 17.6 Å². The molecule has 4 atom stereocenters. The monoisotopic (exact) mass is 683 g/mol. The first-order valence-corrected chi connectivity index (χ1v) is 17.1. The van der Waals surface area contributed by atoms with Crippen LogP contribution in [0.4, 0.5) is 0 Å². The van der Waals surface area contributed by atoms with Crippen LogP contribution in [-0.2, 0) is 0 Å². The zero-order valence-corrected chi connectivity index (χ0v) is 29.0. The third-order valence-corrected chi connectivity index (χ3v) is 10.6. The fourth-order valence-corrected chi connectivity index (χ4v) is 7.59. The average Bonchev–Trinajstić information content (AvgIpc) is 3.51. The Morgan fingerprint density at radius 3 is 2.22 bits per heavy atom. The Labute approximate surface area is 291 Å². The van der Waals surface area contributed by atoms with Crippen LogP contribution in [0.1, 0.15) is 86.3 Å². The van der Waals surface area contributed by atoms with Gasteiger partial charge in [0.05, 0.1) is 17.3 Å². The van der Waals surface area contributed by atoms with E-state index in [4.69, 9.17) is 4.74 Å². The van der Waals surface area contributed by atoms with E-state index in [0.717, 1.165) is 6.42 Å². The molecule has 0 aliphatic heterocycles. The lowest BCUT2D eigenvalue weighted by atomic mass is 9.43. The zero-order valence-electron chi connectivity index (χ0n) is 29.0. The molecule has 4 aromatic rings. The van der Waals surface area contributed by atoms with Gasteiger partial charge in [0.15, 0.2) is 5.82 Å². The second kappa shape index (κ2) is 13.4. The molecule has 0 spiro atoms. The van der Waals surface area contributed by atoms with E-state index in [1.165, 1.54) is 10.6 Å². The number of ether oxygens (including phenoxy) is 1. The highest BCUT2D eigenvalue weighted by Gasteiger charge is 2.64. The van der Waals surface area contributed by atoms with Gasteiger partial charge in [0.25, 0.3) is 11.8 Å². The summed E-state index contributed by atoms with van der Waals surface area (Å²) in [6, 6.07) is 16.5. The zero-order chi connectivity index (χ0) is 36.0. The Balaban J connectivity index is 1.15. The number of hydrogen-bond acceptors (Lipinski definition) is 9. The van der Waals surface area contributed by atoms with Gasteiger partial charge in [0.2, 0.25) is 5.82 Å². The average molecular weight is 684 g/mol. The van der Waals surface area contributed by atoms with E-state index in [-0.39, 0.29) is 59.3 Å². The number of nitrogens with zero attached hydrogens (tertiary/aromatic N) is 3. The lowest BCUT2D eigenvalue weighted by molar-refractivity contribution is -0.255. The van der Waals surface area contributed by atoms with Crippen LogP contribution in [0.5, 0.6) is 23.0 Å². The first kappa shape index (κ1) is 34.9. The number of phenols is 2. The number of carbonyl (C=O) groups excluding carboxylic acids is 2. The third kappa shape index (κ3) is 6.29. The second-order valence-electron chi connectivity index (χ2n) is 14.3. The number of phenolic OH excluding ortho intramolecular Hbond substituents is 2. The van der Waals surface area contributed by atoms with E-state index in [1.54, 1.807) is 61.5 Å². The quantitative estimate of drug-likeness (QED) is 0.123. The van der Waals surface area contributed by atoms with Crippen molar-refractivity contribution in [3.05, 3.63) is 77.6 Å². The summed E-state index contributed by atoms with van der Waals surface area (Å²) in [7, 11) is 0. The van der Waals surface area contributed by atoms with E-state index in [1.807, 2.05) is 13.8 Å². The van der Waals surface area contributed by atoms with E-state index >= 15 is 0 Å². The molecule has 6 N–H and O–H groups in total. The maximum atomic E-state index is 13.0. The summed E-state index contributed by atoms with van der Waals surface area (Å²) in [5.41, 5.74) is 0.666. The van der Waals surface area contributed by atoms with Crippen molar-refractivity contribution in [1.82, 2.24) is 25.4 Å². The largest absolute Gasteiger partial charge is 0.508 e. The van der Waals surface area contributed by atoms with Crippen LogP contribution >= 0.6 is 0 Å². The lowest BCUT2D eigenvalue weighted by Gasteiger charge is -2.65. The van der Waals surface area contributed by atoms with Gasteiger partial charge in [0.1, 0.15) is 23.0 Å². The number of amides is 2. The first-order valence-electron chi connectivity index (χ1n) is 17.1. The second-order valence-corrected chi connectivity index (χ2v) is 14.3. The van der Waals surface area contributed by atoms with Gasteiger partial charge in [-0.1, -0.05) is 27.7 Å². The minimum atomic E-state index is -1.21. The molecule has 12 heteroatoms. The molecule has 264 valence electrons. The molecule has 1 aromatic heterocycles. The van der Waals surface area contributed by atoms with Crippen LogP contribution in [0, 0.1) is 17.3 Å². The molecule has 3 fully saturated rings. The highest BCUT2D eigenvalue weighted by Crippen LogP contribution is 2.63. The summed E-state index contributed by atoms with van der Waals surface area (Å²) in [6.45, 7) is 10.5. The van der Waals surface area contributed by atoms with Gasteiger partial charge in [0, 0.05) is 30.4 Å². The number of nitrogens with one attached hydrogen (secondary N) is 2. The topological polar surface area (TPSA) is 179 Å². The smallest absolute Gasteiger partial charge is 0.289 e. The summed E-state index contributed by atoms with van der Waals surface area (Å²) >= 11 is 0. The van der Waals surface area contributed by atoms with Crippen molar-refractivity contribution in [1.29, 1.82) is 0 Å². The molecule has 2 bridgehead atoms. The Morgan fingerprint density at radius 2 is 1.60 bits per heavy atom. The SMILES string of the molecule is CCNC(=O)c1nnc(-c2cc(C(C)C)c(O)cc2O)n1-c1ccc(Oc2ccc(C(=O)NCC[C@@]3(O)[C@H](O)C[C@H]4C[C@@H]3C4(C)C)cc2)cc1. The molecule has 0 radical (unpaired) electrons. The van der Waals surface area contributed by atoms with Crippen molar-refractivity contribution in [3.8, 4) is 40.1 Å². The van der Waals surface area contributed by atoms with Gasteiger partial charge < -0.3 is 35.8 Å². The van der Waals surface area contributed by atoms with Crippen molar-refractivity contribution in [3.63, 3.8) is 0 Å². The van der Waals surface area contributed by atoms with E-state index in [0.29, 0.717) is 52.8 Å². The van der Waals surface area contributed by atoms with Gasteiger partial charge in [-0.25, -0.2) is 0 Å². The standard InChI is InChI=1S/C38H45N5O7/c1-6-39-36(48)34-42-41-33(28-19-27(21(2)3)29(44)20-30(28)45)43(34)24-9-13-26(14-10-24)50-25-11-7-22(8-12-25)35(47)40-16-15-38(49)31-17-23(18-32(38)46)37(31,4)5/h7-14,19-21,23,31-32,44-46,49H,6,15-18H2,1-5H3,(H,39,48)(H,40,47)/t23-,31-,32-,38+/m1/s1. The fourth-order valence-electron chi connectivity index (χ4n) is 7.59. The molecule has 0 unspecified atom stereocenters. The molecule has 0 saturated heterocycles. The van der Waals surface area contributed by atoms with E-state index in [2.05, 4.69) is 34.7 Å². The summed E-state index contributed by atoms with van der Waals surface area (Å²) in [5.74, 6) is 0.658. The minimum Gasteiger partial charge on any atom is -0.508 e. The molecule has 12 nitrogen and oxygen atoms in total. The molecule has 3 saturated carbocycles. The van der Waals surface area contributed by atoms with Crippen LogP contribution in [0.2, 0.25) is 0 Å². The van der Waals surface area contributed by atoms with Gasteiger partial charge >= 0.3 is 0 Å². The van der Waals surface area contributed by atoms with Crippen molar-refractivity contribution in [2.75, 3.05) is 13.1 Å². The van der Waals surface area contributed by atoms with Gasteiger partial charge in [-0.05, 0) is 110 Å². The van der Waals surface area contributed by atoms with Crippen molar-refractivity contribution in [2.45, 2.75) is 71.5 Å². The maximum Gasteiger partial charge on any atom is 0.289 e. The Hall–Kier alpha value is -4.94. The molecule has 3 aliphatic carbocycles. The molecule has 3 aromatic carbocycles. The fraction of sp³-hybridized carbons (Fsp3) is 0.421. The molecule has 2 amide bonds. The normalized spacial score (nSPS) is 22.1. The predicted octanol–water partition coefficient (Wildman–Crippen LogP) is 5.29. The summed E-state index contributed by atoms with van der Waals surface area (Å²) < 4.78 is 7.57. The summed E-state index contributed by atoms with van der Waals surface area (Å²) in [5, 5.41) is 57.1. The van der Waals surface area contributed by atoms with Crippen molar-refractivity contribution >= 4 is 11.8 Å². The van der Waals surface area contributed by atoms with Crippen LogP contribution in [0.25, 0.3) is 17.1 Å². The number of carbonyl (C=O) groups is 2. The van der Waals surface area contributed by atoms with Gasteiger partial charge in [-0.2, -0.15) is 0 Å². The number of aromatic nitrogens is 3. The molecule has 50 heavy (non-hydrogen) atoms. The molecule has 3 aliphatic rings. The van der Waals surface area contributed by atoms with Gasteiger partial charge in [-0.3, -0.25) is 14.2 Å². The Kier molecular flexibility index (Phi) is 9.36. The third-order valence-electron chi connectivity index (χ3n) is 10.6. The number of aliphatic hydroxyl groups excluding tert-OH is 1. The summed E-state index contributed by atoms with van der Waals surface area (Å²) in [4.78, 5) is 25.8. The molecule has 7 rings (SSSR count). The number of fused-ring (bicyclic) bond motifs is 2. The number of benzene rings is 3. The van der Waals surface area contributed by atoms with Crippen molar-refractivity contribution in [2.24, 2.45) is 17.3 Å². The summed E-state index contributed by atoms with van der Waals surface area (Å²) in [6.07, 6.45) is 0.990. The Morgan fingerprint density at radius 1 is 0.940 bits per heavy atom.